The minimum Gasteiger partial charge on any atom is -0.338 e. The van der Waals surface area contributed by atoms with Gasteiger partial charge in [-0.15, -0.1) is 5.10 Å². The molecule has 2 aliphatic rings. The van der Waals surface area contributed by atoms with Crippen molar-refractivity contribution in [3.63, 3.8) is 0 Å². The molecule has 1 atom stereocenters. The van der Waals surface area contributed by atoms with Crippen molar-refractivity contribution >= 4 is 22.5 Å². The zero-order chi connectivity index (χ0) is 19.6. The summed E-state index contributed by atoms with van der Waals surface area (Å²) in [5.41, 5.74) is -2.33. The Morgan fingerprint density at radius 2 is 1.89 bits per heavy atom. The maximum Gasteiger partial charge on any atom is 0.419 e. The summed E-state index contributed by atoms with van der Waals surface area (Å²) in [6.45, 7) is 2.98. The SMILES string of the molecule is Fc1c(C(F)(F)F)cc2c(nc(N3CCN4CCCC4C3)n3nnnc23)c1F. The lowest BCUT2D eigenvalue weighted by molar-refractivity contribution is -0.140. The number of benzene rings is 1. The molecule has 28 heavy (non-hydrogen) atoms. The van der Waals surface area contributed by atoms with Crippen LogP contribution in [0.3, 0.4) is 0 Å². The summed E-state index contributed by atoms with van der Waals surface area (Å²) in [4.78, 5) is 8.36. The number of aromatic nitrogens is 5. The summed E-state index contributed by atoms with van der Waals surface area (Å²) in [5, 5.41) is 10.8. The van der Waals surface area contributed by atoms with Crippen LogP contribution in [0.15, 0.2) is 6.07 Å². The molecular weight excluding hydrogens is 385 g/mol. The number of hydrogen-bond acceptors (Lipinski definition) is 6. The molecule has 12 heteroatoms. The van der Waals surface area contributed by atoms with E-state index in [0.29, 0.717) is 25.2 Å². The number of fused-ring (bicyclic) bond motifs is 4. The number of hydrogen-bond donors (Lipinski definition) is 0. The van der Waals surface area contributed by atoms with Crippen LogP contribution in [0.25, 0.3) is 16.6 Å². The molecule has 7 nitrogen and oxygen atoms in total. The Balaban J connectivity index is 1.71. The highest BCUT2D eigenvalue weighted by Crippen LogP contribution is 2.37. The second kappa shape index (κ2) is 5.93. The van der Waals surface area contributed by atoms with E-state index >= 15 is 0 Å². The standard InChI is InChI=1S/C16H14F5N7/c17-11-10(16(19,20)21)6-9-13(12(11)18)22-15(28-14(9)23-24-25-28)27-5-4-26-3-1-2-8(26)7-27/h6,8H,1-5,7H2. The monoisotopic (exact) mass is 399 g/mol. The Hall–Kier alpha value is -2.63. The van der Waals surface area contributed by atoms with Crippen LogP contribution in [0.1, 0.15) is 18.4 Å². The lowest BCUT2D eigenvalue weighted by Gasteiger charge is -2.37. The molecule has 5 rings (SSSR count). The zero-order valence-electron chi connectivity index (χ0n) is 14.4. The Morgan fingerprint density at radius 1 is 1.07 bits per heavy atom. The molecule has 3 aromatic rings. The predicted octanol–water partition coefficient (Wildman–Crippen LogP) is 2.25. The van der Waals surface area contributed by atoms with Crippen molar-refractivity contribution in [2.45, 2.75) is 25.1 Å². The molecule has 0 radical (unpaired) electrons. The van der Waals surface area contributed by atoms with Gasteiger partial charge in [0.25, 0.3) is 0 Å². The maximum atomic E-state index is 14.5. The summed E-state index contributed by atoms with van der Waals surface area (Å²) < 4.78 is 69.1. The van der Waals surface area contributed by atoms with E-state index in [2.05, 4.69) is 25.4 Å². The van der Waals surface area contributed by atoms with E-state index in [-0.39, 0.29) is 17.0 Å². The summed E-state index contributed by atoms with van der Waals surface area (Å²) in [7, 11) is 0. The number of rotatable bonds is 1. The van der Waals surface area contributed by atoms with Crippen molar-refractivity contribution in [1.82, 2.24) is 29.9 Å². The van der Waals surface area contributed by atoms with Gasteiger partial charge in [0.1, 0.15) is 5.52 Å². The molecule has 0 aliphatic carbocycles. The molecule has 0 spiro atoms. The highest BCUT2D eigenvalue weighted by Gasteiger charge is 2.38. The molecule has 0 amide bonds. The number of piperazine rings is 1. The first-order valence-corrected chi connectivity index (χ1v) is 8.80. The third-order valence-electron chi connectivity index (χ3n) is 5.47. The molecule has 1 aromatic carbocycles. The van der Waals surface area contributed by atoms with Crippen LogP contribution in [-0.4, -0.2) is 62.1 Å². The van der Waals surface area contributed by atoms with E-state index in [1.807, 2.05) is 4.90 Å². The lowest BCUT2D eigenvalue weighted by Crippen LogP contribution is -2.51. The van der Waals surface area contributed by atoms with Gasteiger partial charge in [0.15, 0.2) is 17.3 Å². The van der Waals surface area contributed by atoms with Crippen LogP contribution in [0, 0.1) is 11.6 Å². The minimum absolute atomic E-state index is 0.0988. The van der Waals surface area contributed by atoms with E-state index in [0.717, 1.165) is 25.9 Å². The van der Waals surface area contributed by atoms with Gasteiger partial charge in [-0.25, -0.2) is 13.8 Å². The van der Waals surface area contributed by atoms with Gasteiger partial charge >= 0.3 is 6.18 Å². The molecule has 0 N–H and O–H groups in total. The second-order valence-corrected chi connectivity index (χ2v) is 7.05. The summed E-state index contributed by atoms with van der Waals surface area (Å²) in [6.07, 6.45) is -2.95. The molecule has 1 unspecified atom stereocenters. The van der Waals surface area contributed by atoms with Crippen LogP contribution < -0.4 is 4.90 Å². The first-order valence-electron chi connectivity index (χ1n) is 8.80. The Kier molecular flexibility index (Phi) is 3.70. The molecular formula is C16H14F5N7. The van der Waals surface area contributed by atoms with Gasteiger partial charge in [0.2, 0.25) is 5.95 Å². The van der Waals surface area contributed by atoms with Gasteiger partial charge in [-0.2, -0.15) is 17.7 Å². The number of anilines is 1. The van der Waals surface area contributed by atoms with Crippen molar-refractivity contribution in [2.24, 2.45) is 0 Å². The maximum absolute atomic E-state index is 14.5. The molecule has 0 bridgehead atoms. The van der Waals surface area contributed by atoms with Crippen LogP contribution >= 0.6 is 0 Å². The van der Waals surface area contributed by atoms with Gasteiger partial charge in [0.05, 0.1) is 10.9 Å². The van der Waals surface area contributed by atoms with Gasteiger partial charge in [0, 0.05) is 25.7 Å². The van der Waals surface area contributed by atoms with Crippen molar-refractivity contribution in [3.05, 3.63) is 23.3 Å². The number of nitrogens with zero attached hydrogens (tertiary/aromatic N) is 7. The van der Waals surface area contributed by atoms with Crippen molar-refractivity contribution in [2.75, 3.05) is 31.1 Å². The largest absolute Gasteiger partial charge is 0.419 e. The third kappa shape index (κ3) is 2.50. The smallest absolute Gasteiger partial charge is 0.338 e. The molecule has 2 aromatic heterocycles. The topological polar surface area (TPSA) is 62.5 Å². The van der Waals surface area contributed by atoms with E-state index in [1.165, 1.54) is 4.52 Å². The fraction of sp³-hybridized carbons (Fsp3) is 0.500. The number of alkyl halides is 3. The van der Waals surface area contributed by atoms with E-state index in [9.17, 15) is 22.0 Å². The fourth-order valence-electron chi connectivity index (χ4n) is 4.12. The molecule has 2 aliphatic heterocycles. The predicted molar refractivity (Wildman–Crippen MR) is 87.8 cm³/mol. The average Bonchev–Trinajstić information content (AvgIpc) is 3.31. The molecule has 4 heterocycles. The van der Waals surface area contributed by atoms with Crippen LogP contribution in [0.2, 0.25) is 0 Å². The Morgan fingerprint density at radius 3 is 2.68 bits per heavy atom. The first-order chi connectivity index (χ1) is 13.3. The third-order valence-corrected chi connectivity index (χ3v) is 5.47. The number of tetrazole rings is 1. The average molecular weight is 399 g/mol. The van der Waals surface area contributed by atoms with Gasteiger partial charge in [-0.05, 0) is 35.9 Å². The Labute approximate surface area is 154 Å². The van der Waals surface area contributed by atoms with E-state index in [1.54, 1.807) is 0 Å². The zero-order valence-corrected chi connectivity index (χ0v) is 14.4. The van der Waals surface area contributed by atoms with Crippen molar-refractivity contribution in [3.8, 4) is 0 Å². The summed E-state index contributed by atoms with van der Waals surface area (Å²) in [5.74, 6) is -3.44. The molecule has 2 fully saturated rings. The van der Waals surface area contributed by atoms with Gasteiger partial charge < -0.3 is 4.90 Å². The second-order valence-electron chi connectivity index (χ2n) is 7.05. The minimum atomic E-state index is -5.05. The lowest BCUT2D eigenvalue weighted by atomic mass is 10.1. The Bertz CT molecular complexity index is 1080. The van der Waals surface area contributed by atoms with E-state index < -0.39 is 28.9 Å². The fourth-order valence-corrected chi connectivity index (χ4v) is 4.12. The summed E-state index contributed by atoms with van der Waals surface area (Å²) >= 11 is 0. The van der Waals surface area contributed by atoms with Crippen LogP contribution in [0.5, 0.6) is 0 Å². The van der Waals surface area contributed by atoms with Crippen LogP contribution in [0.4, 0.5) is 27.9 Å². The van der Waals surface area contributed by atoms with E-state index in [4.69, 9.17) is 0 Å². The highest BCUT2D eigenvalue weighted by atomic mass is 19.4. The molecule has 2 saturated heterocycles. The van der Waals surface area contributed by atoms with Crippen LogP contribution in [-0.2, 0) is 6.18 Å². The molecule has 148 valence electrons. The van der Waals surface area contributed by atoms with Gasteiger partial charge in [-0.1, -0.05) is 0 Å². The quantitative estimate of drug-likeness (QED) is 0.585. The van der Waals surface area contributed by atoms with Crippen molar-refractivity contribution < 1.29 is 22.0 Å². The first kappa shape index (κ1) is 17.5. The van der Waals surface area contributed by atoms with Gasteiger partial charge in [-0.3, -0.25) is 4.90 Å². The number of halogens is 5. The molecule has 0 saturated carbocycles. The normalized spacial score (nSPS) is 21.0. The van der Waals surface area contributed by atoms with Crippen molar-refractivity contribution in [1.29, 1.82) is 0 Å². The summed E-state index contributed by atoms with van der Waals surface area (Å²) in [6, 6.07) is 0.817. The highest BCUT2D eigenvalue weighted by molar-refractivity contribution is 5.93.